The van der Waals surface area contributed by atoms with Crippen molar-refractivity contribution in [2.75, 3.05) is 0 Å². The van der Waals surface area contributed by atoms with Gasteiger partial charge in [0.25, 0.3) is 0 Å². The van der Waals surface area contributed by atoms with Crippen molar-refractivity contribution < 1.29 is 0 Å². The third kappa shape index (κ3) is 3.04. The normalized spacial score (nSPS) is 33.7. The first-order chi connectivity index (χ1) is 9.78. The lowest BCUT2D eigenvalue weighted by Gasteiger charge is -2.42. The van der Waals surface area contributed by atoms with Gasteiger partial charge in [-0.25, -0.2) is 0 Å². The molecule has 0 aliphatic heterocycles. The fraction of sp³-hybridized carbons (Fsp3) is 0.667. The van der Waals surface area contributed by atoms with Gasteiger partial charge < -0.3 is 5.32 Å². The van der Waals surface area contributed by atoms with Crippen LogP contribution in [0.25, 0.3) is 0 Å². The molecule has 2 saturated carbocycles. The summed E-state index contributed by atoms with van der Waals surface area (Å²) in [5, 5.41) is 4.88. The SMILES string of the molecule is CCC1CCCCC1NC1CC(c2ccccc2Cl)C1. The van der Waals surface area contributed by atoms with Gasteiger partial charge in [0.1, 0.15) is 0 Å². The summed E-state index contributed by atoms with van der Waals surface area (Å²) >= 11 is 6.30. The van der Waals surface area contributed by atoms with Crippen molar-refractivity contribution in [2.24, 2.45) is 5.92 Å². The number of halogens is 1. The van der Waals surface area contributed by atoms with E-state index in [-0.39, 0.29) is 0 Å². The molecule has 0 radical (unpaired) electrons. The maximum absolute atomic E-state index is 6.30. The molecular weight excluding hydrogens is 266 g/mol. The summed E-state index contributed by atoms with van der Waals surface area (Å²) in [6, 6.07) is 9.83. The number of hydrogen-bond donors (Lipinski definition) is 1. The van der Waals surface area contributed by atoms with E-state index in [0.29, 0.717) is 12.0 Å². The molecule has 110 valence electrons. The molecule has 1 N–H and O–H groups in total. The molecule has 2 atom stereocenters. The molecule has 2 heteroatoms. The van der Waals surface area contributed by atoms with Crippen LogP contribution >= 0.6 is 11.6 Å². The van der Waals surface area contributed by atoms with Gasteiger partial charge in [-0.3, -0.25) is 0 Å². The maximum atomic E-state index is 6.30. The highest BCUT2D eigenvalue weighted by Crippen LogP contribution is 2.41. The van der Waals surface area contributed by atoms with Crippen LogP contribution in [0, 0.1) is 5.92 Å². The Morgan fingerprint density at radius 3 is 2.65 bits per heavy atom. The molecule has 1 nitrogen and oxygen atoms in total. The first-order valence-electron chi connectivity index (χ1n) is 8.28. The van der Waals surface area contributed by atoms with Crippen molar-refractivity contribution in [1.82, 2.24) is 5.32 Å². The third-order valence-electron chi connectivity index (χ3n) is 5.37. The fourth-order valence-corrected chi connectivity index (χ4v) is 4.32. The topological polar surface area (TPSA) is 12.0 Å². The molecule has 2 unspecified atom stereocenters. The van der Waals surface area contributed by atoms with Crippen molar-refractivity contribution in [3.05, 3.63) is 34.9 Å². The summed E-state index contributed by atoms with van der Waals surface area (Å²) in [5.41, 5.74) is 1.35. The molecule has 0 spiro atoms. The third-order valence-corrected chi connectivity index (χ3v) is 5.71. The van der Waals surface area contributed by atoms with E-state index in [1.165, 1.54) is 50.5 Å². The maximum Gasteiger partial charge on any atom is 0.0440 e. The molecule has 0 bridgehead atoms. The van der Waals surface area contributed by atoms with Gasteiger partial charge in [0, 0.05) is 17.1 Å². The summed E-state index contributed by atoms with van der Waals surface area (Å²) in [6.45, 7) is 2.35. The Balaban J connectivity index is 1.52. The van der Waals surface area contributed by atoms with Gasteiger partial charge in [-0.15, -0.1) is 0 Å². The largest absolute Gasteiger partial charge is 0.311 e. The van der Waals surface area contributed by atoms with E-state index in [0.717, 1.165) is 17.0 Å². The van der Waals surface area contributed by atoms with E-state index in [9.17, 15) is 0 Å². The van der Waals surface area contributed by atoms with Crippen molar-refractivity contribution in [3.8, 4) is 0 Å². The number of benzene rings is 1. The lowest BCUT2D eigenvalue weighted by atomic mass is 9.74. The van der Waals surface area contributed by atoms with Crippen LogP contribution in [-0.2, 0) is 0 Å². The predicted molar refractivity (Wildman–Crippen MR) is 86.4 cm³/mol. The Labute approximate surface area is 128 Å². The van der Waals surface area contributed by atoms with Gasteiger partial charge >= 0.3 is 0 Å². The van der Waals surface area contributed by atoms with Gasteiger partial charge in [0.05, 0.1) is 0 Å². The van der Waals surface area contributed by atoms with Gasteiger partial charge in [-0.05, 0) is 49.1 Å². The van der Waals surface area contributed by atoms with Crippen LogP contribution < -0.4 is 5.32 Å². The van der Waals surface area contributed by atoms with Crippen LogP contribution in [0.1, 0.15) is 63.4 Å². The van der Waals surface area contributed by atoms with Crippen molar-refractivity contribution in [1.29, 1.82) is 0 Å². The fourth-order valence-electron chi connectivity index (χ4n) is 4.03. The molecule has 0 aromatic heterocycles. The minimum absolute atomic E-state index is 0.671. The Hall–Kier alpha value is -0.530. The smallest absolute Gasteiger partial charge is 0.0440 e. The molecular formula is C18H26ClN. The van der Waals surface area contributed by atoms with Gasteiger partial charge in [0.15, 0.2) is 0 Å². The second kappa shape index (κ2) is 6.49. The van der Waals surface area contributed by atoms with E-state index in [4.69, 9.17) is 11.6 Å². The molecule has 2 fully saturated rings. The van der Waals surface area contributed by atoms with Gasteiger partial charge in [-0.1, -0.05) is 56.0 Å². The Bertz CT molecular complexity index is 439. The standard InChI is InChI=1S/C18H26ClN/c1-2-13-7-3-6-10-18(13)20-15-11-14(12-15)16-8-4-5-9-17(16)19/h4-5,8-9,13-15,18,20H,2-3,6-7,10-12H2,1H3. The number of rotatable bonds is 4. The summed E-state index contributed by atoms with van der Waals surface area (Å²) in [5.74, 6) is 1.58. The highest BCUT2D eigenvalue weighted by atomic mass is 35.5. The zero-order valence-electron chi connectivity index (χ0n) is 12.4. The van der Waals surface area contributed by atoms with Crippen LogP contribution in [0.2, 0.25) is 5.02 Å². The zero-order chi connectivity index (χ0) is 13.9. The summed E-state index contributed by atoms with van der Waals surface area (Å²) in [7, 11) is 0. The Kier molecular flexibility index (Phi) is 4.68. The summed E-state index contributed by atoms with van der Waals surface area (Å²) in [4.78, 5) is 0. The molecule has 3 rings (SSSR count). The van der Waals surface area contributed by atoms with Crippen LogP contribution in [0.4, 0.5) is 0 Å². The molecule has 20 heavy (non-hydrogen) atoms. The average Bonchev–Trinajstić information content (AvgIpc) is 2.44. The Morgan fingerprint density at radius 1 is 1.15 bits per heavy atom. The lowest BCUT2D eigenvalue weighted by Crippen LogP contribution is -2.49. The van der Waals surface area contributed by atoms with E-state index in [1.807, 2.05) is 12.1 Å². The minimum atomic E-state index is 0.671. The van der Waals surface area contributed by atoms with Crippen molar-refractivity contribution >= 4 is 11.6 Å². The van der Waals surface area contributed by atoms with Gasteiger partial charge in [-0.2, -0.15) is 0 Å². The van der Waals surface area contributed by atoms with Crippen LogP contribution in [-0.4, -0.2) is 12.1 Å². The lowest BCUT2D eigenvalue weighted by molar-refractivity contribution is 0.189. The number of nitrogens with one attached hydrogen (secondary N) is 1. The second-order valence-corrected chi connectivity index (χ2v) is 7.02. The zero-order valence-corrected chi connectivity index (χ0v) is 13.2. The first kappa shape index (κ1) is 14.4. The van der Waals surface area contributed by atoms with E-state index >= 15 is 0 Å². The first-order valence-corrected chi connectivity index (χ1v) is 8.66. The molecule has 2 aliphatic rings. The minimum Gasteiger partial charge on any atom is -0.311 e. The van der Waals surface area contributed by atoms with E-state index in [1.54, 1.807) is 0 Å². The highest BCUT2D eigenvalue weighted by molar-refractivity contribution is 6.31. The molecule has 2 aliphatic carbocycles. The molecule has 1 aromatic carbocycles. The molecule has 0 heterocycles. The summed E-state index contributed by atoms with van der Waals surface area (Å²) < 4.78 is 0. The Morgan fingerprint density at radius 2 is 1.90 bits per heavy atom. The highest BCUT2D eigenvalue weighted by Gasteiger charge is 2.34. The van der Waals surface area contributed by atoms with Crippen molar-refractivity contribution in [3.63, 3.8) is 0 Å². The molecule has 0 amide bonds. The van der Waals surface area contributed by atoms with Crippen molar-refractivity contribution in [2.45, 2.75) is 69.9 Å². The van der Waals surface area contributed by atoms with Gasteiger partial charge in [0.2, 0.25) is 0 Å². The van der Waals surface area contributed by atoms with E-state index < -0.39 is 0 Å². The monoisotopic (exact) mass is 291 g/mol. The van der Waals surface area contributed by atoms with Crippen LogP contribution in [0.5, 0.6) is 0 Å². The van der Waals surface area contributed by atoms with E-state index in [2.05, 4.69) is 24.4 Å². The predicted octanol–water partition coefficient (Wildman–Crippen LogP) is 5.14. The second-order valence-electron chi connectivity index (χ2n) is 6.61. The molecule has 0 saturated heterocycles. The van der Waals surface area contributed by atoms with Crippen LogP contribution in [0.3, 0.4) is 0 Å². The number of hydrogen-bond acceptors (Lipinski definition) is 1. The quantitative estimate of drug-likeness (QED) is 0.809. The molecule has 1 aromatic rings. The van der Waals surface area contributed by atoms with Crippen LogP contribution in [0.15, 0.2) is 24.3 Å². The average molecular weight is 292 g/mol. The summed E-state index contributed by atoms with van der Waals surface area (Å²) in [6.07, 6.45) is 9.50.